The van der Waals surface area contributed by atoms with Gasteiger partial charge in [0.1, 0.15) is 11.3 Å². The van der Waals surface area contributed by atoms with Crippen LogP contribution in [-0.4, -0.2) is 25.7 Å². The third kappa shape index (κ3) is 4.97. The molecule has 0 spiro atoms. The monoisotopic (exact) mass is 411 g/mol. The topological polar surface area (TPSA) is 64.6 Å². The summed E-state index contributed by atoms with van der Waals surface area (Å²) in [7, 11) is 1.27. The molecule has 5 nitrogen and oxygen atoms in total. The molecule has 2 aromatic carbocycles. The lowest BCUT2D eigenvalue weighted by Crippen LogP contribution is -2.29. The summed E-state index contributed by atoms with van der Waals surface area (Å²) in [5.41, 5.74) is 1.17. The summed E-state index contributed by atoms with van der Waals surface area (Å²) in [6.07, 6.45) is -0.0460. The molecule has 0 heterocycles. The first-order valence-electron chi connectivity index (χ1n) is 7.08. The number of carbonyl (C=O) groups is 2. The second-order valence-corrected chi connectivity index (χ2v) is 6.06. The maximum atomic E-state index is 11.9. The quantitative estimate of drug-likeness (QED) is 0.747. The first-order valence-corrected chi connectivity index (χ1v) is 8.25. The zero-order valence-corrected chi connectivity index (χ0v) is 15.2. The molecule has 0 aliphatic heterocycles. The van der Waals surface area contributed by atoms with Crippen molar-refractivity contribution in [2.75, 3.05) is 13.7 Å². The van der Waals surface area contributed by atoms with Gasteiger partial charge in [0.25, 0.3) is 0 Å². The minimum absolute atomic E-state index is 0.147. The molecule has 0 aromatic heterocycles. The normalized spacial score (nSPS) is 10.1. The second-order valence-electron chi connectivity index (χ2n) is 4.80. The Balaban J connectivity index is 1.90. The number of carbonyl (C=O) groups excluding carboxylic acids is 2. The van der Waals surface area contributed by atoms with Crippen molar-refractivity contribution in [2.45, 2.75) is 6.42 Å². The predicted molar refractivity (Wildman–Crippen MR) is 94.7 cm³/mol. The molecule has 0 aliphatic carbocycles. The van der Waals surface area contributed by atoms with Crippen LogP contribution < -0.4 is 10.1 Å². The van der Waals surface area contributed by atoms with Crippen molar-refractivity contribution in [1.29, 1.82) is 0 Å². The third-order valence-electron chi connectivity index (χ3n) is 3.16. The summed E-state index contributed by atoms with van der Waals surface area (Å²) < 4.78 is 10.6. The van der Waals surface area contributed by atoms with Crippen LogP contribution in [0.15, 0.2) is 46.9 Å². The minimum Gasteiger partial charge on any atom is -0.465 e. The Bertz CT molecular complexity index is 751. The van der Waals surface area contributed by atoms with E-state index in [4.69, 9.17) is 16.3 Å². The first-order chi connectivity index (χ1) is 11.5. The highest BCUT2D eigenvalue weighted by atomic mass is 79.9. The van der Waals surface area contributed by atoms with E-state index in [1.54, 1.807) is 12.1 Å². The van der Waals surface area contributed by atoms with E-state index < -0.39 is 12.1 Å². The number of halogens is 2. The molecule has 0 bridgehead atoms. The Morgan fingerprint density at radius 2 is 1.96 bits per heavy atom. The Morgan fingerprint density at radius 1 is 1.21 bits per heavy atom. The molecule has 0 saturated carbocycles. The smallest absolute Gasteiger partial charge is 0.412 e. The largest absolute Gasteiger partial charge is 0.465 e. The van der Waals surface area contributed by atoms with Gasteiger partial charge in [-0.05, 0) is 52.2 Å². The molecular weight excluding hydrogens is 398 g/mol. The van der Waals surface area contributed by atoms with Crippen LogP contribution in [0.2, 0.25) is 5.02 Å². The molecular formula is C17H15BrClNO4. The van der Waals surface area contributed by atoms with E-state index in [1.165, 1.54) is 19.2 Å². The van der Waals surface area contributed by atoms with Gasteiger partial charge in [-0.25, -0.2) is 9.59 Å². The zero-order valence-electron chi connectivity index (χ0n) is 12.8. The maximum Gasteiger partial charge on any atom is 0.412 e. The number of hydrogen-bond donors (Lipinski definition) is 1. The molecule has 0 fully saturated rings. The molecule has 2 rings (SSSR count). The second kappa shape index (κ2) is 8.70. The number of para-hydroxylation sites is 1. The summed E-state index contributed by atoms with van der Waals surface area (Å²) in [4.78, 5) is 23.5. The summed E-state index contributed by atoms with van der Waals surface area (Å²) in [5, 5.41) is 3.24. The van der Waals surface area contributed by atoms with Crippen molar-refractivity contribution >= 4 is 39.6 Å². The Labute approximate surface area is 153 Å². The number of benzene rings is 2. The predicted octanol–water partition coefficient (Wildman–Crippen LogP) is 4.22. The molecule has 1 N–H and O–H groups in total. The van der Waals surface area contributed by atoms with Gasteiger partial charge >= 0.3 is 12.1 Å². The highest BCUT2D eigenvalue weighted by Crippen LogP contribution is 2.23. The van der Waals surface area contributed by atoms with Gasteiger partial charge in [0.15, 0.2) is 0 Å². The van der Waals surface area contributed by atoms with Crippen LogP contribution in [0.25, 0.3) is 0 Å². The van der Waals surface area contributed by atoms with E-state index in [-0.39, 0.29) is 11.3 Å². The average molecular weight is 413 g/mol. The molecule has 126 valence electrons. The van der Waals surface area contributed by atoms with E-state index in [2.05, 4.69) is 26.0 Å². The lowest BCUT2D eigenvalue weighted by molar-refractivity contribution is 0.0598. The zero-order chi connectivity index (χ0) is 17.5. The first kappa shape index (κ1) is 18.3. The fraction of sp³-hybridized carbons (Fsp3) is 0.176. The van der Waals surface area contributed by atoms with Crippen molar-refractivity contribution in [3.8, 4) is 5.75 Å². The SMILES string of the molecule is COC(=O)c1ccccc1OC(=O)NCCc1ccc(Br)c(Cl)c1. The number of ether oxygens (including phenoxy) is 2. The summed E-state index contributed by atoms with van der Waals surface area (Å²) >= 11 is 9.34. The lowest BCUT2D eigenvalue weighted by atomic mass is 10.1. The van der Waals surface area contributed by atoms with Gasteiger partial charge in [0, 0.05) is 11.0 Å². The highest BCUT2D eigenvalue weighted by Gasteiger charge is 2.14. The molecule has 0 aliphatic rings. The molecule has 0 saturated heterocycles. The fourth-order valence-corrected chi connectivity index (χ4v) is 2.42. The number of nitrogens with one attached hydrogen (secondary N) is 1. The summed E-state index contributed by atoms with van der Waals surface area (Å²) in [5.74, 6) is -0.420. The highest BCUT2D eigenvalue weighted by molar-refractivity contribution is 9.10. The van der Waals surface area contributed by atoms with Gasteiger partial charge in [0.2, 0.25) is 0 Å². The summed E-state index contributed by atoms with van der Waals surface area (Å²) in [6, 6.07) is 12.0. The van der Waals surface area contributed by atoms with Gasteiger partial charge in [-0.1, -0.05) is 29.8 Å². The average Bonchev–Trinajstić information content (AvgIpc) is 2.58. The van der Waals surface area contributed by atoms with Crippen LogP contribution in [-0.2, 0) is 11.2 Å². The van der Waals surface area contributed by atoms with E-state index in [9.17, 15) is 9.59 Å². The number of hydrogen-bond acceptors (Lipinski definition) is 4. The Morgan fingerprint density at radius 3 is 2.67 bits per heavy atom. The molecule has 2 aromatic rings. The van der Waals surface area contributed by atoms with Crippen LogP contribution in [0, 0.1) is 0 Å². The van der Waals surface area contributed by atoms with Crippen LogP contribution in [0.1, 0.15) is 15.9 Å². The molecule has 0 atom stereocenters. The van der Waals surface area contributed by atoms with Crippen molar-refractivity contribution in [2.24, 2.45) is 0 Å². The molecule has 0 unspecified atom stereocenters. The van der Waals surface area contributed by atoms with Crippen LogP contribution >= 0.6 is 27.5 Å². The van der Waals surface area contributed by atoms with E-state index in [1.807, 2.05) is 18.2 Å². The van der Waals surface area contributed by atoms with Crippen molar-refractivity contribution < 1.29 is 19.1 Å². The van der Waals surface area contributed by atoms with Gasteiger partial charge in [-0.2, -0.15) is 0 Å². The van der Waals surface area contributed by atoms with Crippen LogP contribution in [0.5, 0.6) is 5.75 Å². The van der Waals surface area contributed by atoms with Crippen LogP contribution in [0.3, 0.4) is 0 Å². The third-order valence-corrected chi connectivity index (χ3v) is 4.39. The molecule has 1 amide bonds. The lowest BCUT2D eigenvalue weighted by Gasteiger charge is -2.10. The number of methoxy groups -OCH3 is 1. The Hall–Kier alpha value is -2.05. The van der Waals surface area contributed by atoms with E-state index in [0.717, 1.165) is 10.0 Å². The van der Waals surface area contributed by atoms with Crippen molar-refractivity contribution in [1.82, 2.24) is 5.32 Å². The maximum absolute atomic E-state index is 11.9. The molecule has 7 heteroatoms. The Kier molecular flexibility index (Phi) is 6.63. The summed E-state index contributed by atoms with van der Waals surface area (Å²) in [6.45, 7) is 0.372. The van der Waals surface area contributed by atoms with E-state index in [0.29, 0.717) is 18.0 Å². The van der Waals surface area contributed by atoms with Gasteiger partial charge in [0.05, 0.1) is 12.1 Å². The van der Waals surface area contributed by atoms with Gasteiger partial charge < -0.3 is 14.8 Å². The molecule has 24 heavy (non-hydrogen) atoms. The van der Waals surface area contributed by atoms with E-state index >= 15 is 0 Å². The molecule has 0 radical (unpaired) electrons. The number of rotatable bonds is 5. The standard InChI is InChI=1S/C17H15BrClNO4/c1-23-16(21)12-4-2-3-5-15(12)24-17(22)20-9-8-11-6-7-13(18)14(19)10-11/h2-7,10H,8-9H2,1H3,(H,20,22). The number of amides is 1. The minimum atomic E-state index is -0.644. The van der Waals surface area contributed by atoms with Gasteiger partial charge in [-0.15, -0.1) is 0 Å². The number of esters is 1. The van der Waals surface area contributed by atoms with Crippen LogP contribution in [0.4, 0.5) is 4.79 Å². The van der Waals surface area contributed by atoms with Crippen molar-refractivity contribution in [3.63, 3.8) is 0 Å². The fourth-order valence-electron chi connectivity index (χ4n) is 1.97. The van der Waals surface area contributed by atoms with Gasteiger partial charge in [-0.3, -0.25) is 0 Å². The van der Waals surface area contributed by atoms with Crippen molar-refractivity contribution in [3.05, 3.63) is 63.1 Å².